The second kappa shape index (κ2) is 6.75. The fraction of sp³-hybridized carbons (Fsp3) is 0.706. The quantitative estimate of drug-likeness (QED) is 0.873. The molecule has 1 unspecified atom stereocenters. The SMILES string of the molecule is COCC1CCCN(c2ncc(CNC3CC3)cc2C)C1. The lowest BCUT2D eigenvalue weighted by molar-refractivity contribution is 0.143. The van der Waals surface area contributed by atoms with Gasteiger partial charge in [0.15, 0.2) is 0 Å². The molecule has 1 aromatic rings. The molecular formula is C17H27N3O. The molecule has 2 fully saturated rings. The molecule has 2 heterocycles. The van der Waals surface area contributed by atoms with E-state index < -0.39 is 0 Å². The van der Waals surface area contributed by atoms with Crippen LogP contribution in [0.2, 0.25) is 0 Å². The lowest BCUT2D eigenvalue weighted by Gasteiger charge is -2.34. The van der Waals surface area contributed by atoms with Crippen LogP contribution in [0.1, 0.15) is 36.8 Å². The highest BCUT2D eigenvalue weighted by atomic mass is 16.5. The van der Waals surface area contributed by atoms with Crippen LogP contribution in [0.3, 0.4) is 0 Å². The molecule has 0 radical (unpaired) electrons. The number of anilines is 1. The predicted octanol–water partition coefficient (Wildman–Crippen LogP) is 2.50. The molecular weight excluding hydrogens is 262 g/mol. The molecule has 1 aliphatic carbocycles. The van der Waals surface area contributed by atoms with E-state index in [9.17, 15) is 0 Å². The highest BCUT2D eigenvalue weighted by Gasteiger charge is 2.23. The summed E-state index contributed by atoms with van der Waals surface area (Å²) in [4.78, 5) is 7.17. The average Bonchev–Trinajstić information content (AvgIpc) is 3.30. The van der Waals surface area contributed by atoms with Gasteiger partial charge in [0, 0.05) is 39.0 Å². The van der Waals surface area contributed by atoms with Gasteiger partial charge in [-0.2, -0.15) is 0 Å². The summed E-state index contributed by atoms with van der Waals surface area (Å²) in [5, 5.41) is 3.55. The van der Waals surface area contributed by atoms with Crippen LogP contribution in [0.5, 0.6) is 0 Å². The maximum Gasteiger partial charge on any atom is 0.131 e. The number of hydrogen-bond donors (Lipinski definition) is 1. The van der Waals surface area contributed by atoms with E-state index in [1.54, 1.807) is 7.11 Å². The molecule has 3 rings (SSSR count). The zero-order chi connectivity index (χ0) is 14.7. The summed E-state index contributed by atoms with van der Waals surface area (Å²) in [6.07, 6.45) is 7.21. The Hall–Kier alpha value is -1.13. The zero-order valence-electron chi connectivity index (χ0n) is 13.3. The normalized spacial score (nSPS) is 22.6. The second-order valence-corrected chi connectivity index (χ2v) is 6.55. The minimum Gasteiger partial charge on any atom is -0.384 e. The fourth-order valence-electron chi connectivity index (χ4n) is 3.23. The standard InChI is InChI=1S/C17H27N3O/c1-13-8-15(9-18-16-5-6-16)10-19-17(13)20-7-3-4-14(11-20)12-21-2/h8,10,14,16,18H,3-7,9,11-12H2,1-2H3. The van der Waals surface area contributed by atoms with Crippen molar-refractivity contribution in [2.24, 2.45) is 5.92 Å². The Kier molecular flexibility index (Phi) is 4.76. The van der Waals surface area contributed by atoms with Crippen molar-refractivity contribution in [3.05, 3.63) is 23.4 Å². The summed E-state index contributed by atoms with van der Waals surface area (Å²) in [6, 6.07) is 3.04. The highest BCUT2D eigenvalue weighted by Crippen LogP contribution is 2.25. The lowest BCUT2D eigenvalue weighted by Crippen LogP contribution is -2.38. The van der Waals surface area contributed by atoms with Crippen molar-refractivity contribution in [2.45, 2.75) is 45.2 Å². The van der Waals surface area contributed by atoms with Crippen LogP contribution in [0.4, 0.5) is 5.82 Å². The topological polar surface area (TPSA) is 37.4 Å². The van der Waals surface area contributed by atoms with Gasteiger partial charge in [-0.3, -0.25) is 0 Å². The van der Waals surface area contributed by atoms with E-state index in [-0.39, 0.29) is 0 Å². The van der Waals surface area contributed by atoms with Gasteiger partial charge in [0.1, 0.15) is 5.82 Å². The molecule has 1 saturated carbocycles. The predicted molar refractivity (Wildman–Crippen MR) is 85.6 cm³/mol. The van der Waals surface area contributed by atoms with Gasteiger partial charge in [-0.1, -0.05) is 0 Å². The number of aromatic nitrogens is 1. The van der Waals surface area contributed by atoms with E-state index in [2.05, 4.69) is 23.2 Å². The Balaban J connectivity index is 1.63. The van der Waals surface area contributed by atoms with Crippen LogP contribution in [0.15, 0.2) is 12.3 Å². The Morgan fingerprint density at radius 1 is 1.38 bits per heavy atom. The monoisotopic (exact) mass is 289 g/mol. The van der Waals surface area contributed by atoms with E-state index in [1.165, 1.54) is 36.8 Å². The van der Waals surface area contributed by atoms with Crippen molar-refractivity contribution in [1.29, 1.82) is 0 Å². The highest BCUT2D eigenvalue weighted by molar-refractivity contribution is 5.47. The third kappa shape index (κ3) is 3.95. The molecule has 1 aliphatic heterocycles. The van der Waals surface area contributed by atoms with E-state index in [1.807, 2.05) is 6.20 Å². The first-order chi connectivity index (χ1) is 10.3. The lowest BCUT2D eigenvalue weighted by atomic mass is 9.98. The molecule has 2 aliphatic rings. The van der Waals surface area contributed by atoms with Gasteiger partial charge in [0.05, 0.1) is 6.61 Å². The Bertz CT molecular complexity index is 471. The number of rotatable bonds is 6. The van der Waals surface area contributed by atoms with E-state index in [0.29, 0.717) is 5.92 Å². The summed E-state index contributed by atoms with van der Waals surface area (Å²) in [5.41, 5.74) is 2.59. The minimum absolute atomic E-state index is 0.640. The fourth-order valence-corrected chi connectivity index (χ4v) is 3.23. The van der Waals surface area contributed by atoms with E-state index in [4.69, 9.17) is 9.72 Å². The molecule has 4 nitrogen and oxygen atoms in total. The van der Waals surface area contributed by atoms with Crippen LogP contribution in [0.25, 0.3) is 0 Å². The number of ether oxygens (including phenoxy) is 1. The summed E-state index contributed by atoms with van der Waals surface area (Å²) >= 11 is 0. The van der Waals surface area contributed by atoms with Gasteiger partial charge >= 0.3 is 0 Å². The van der Waals surface area contributed by atoms with E-state index in [0.717, 1.165) is 38.1 Å². The zero-order valence-corrected chi connectivity index (χ0v) is 13.3. The summed E-state index contributed by atoms with van der Waals surface area (Å²) in [6.45, 7) is 6.18. The Morgan fingerprint density at radius 3 is 2.95 bits per heavy atom. The molecule has 0 bridgehead atoms. The molecule has 21 heavy (non-hydrogen) atoms. The summed E-state index contributed by atoms with van der Waals surface area (Å²) in [5.74, 6) is 1.80. The van der Waals surface area contributed by atoms with Crippen LogP contribution in [-0.4, -0.2) is 37.8 Å². The van der Waals surface area contributed by atoms with Crippen molar-refractivity contribution >= 4 is 5.82 Å². The molecule has 0 aromatic carbocycles. The molecule has 116 valence electrons. The summed E-state index contributed by atoms with van der Waals surface area (Å²) in [7, 11) is 1.80. The van der Waals surface area contributed by atoms with Crippen molar-refractivity contribution in [2.75, 3.05) is 31.7 Å². The van der Waals surface area contributed by atoms with Crippen LogP contribution in [0, 0.1) is 12.8 Å². The maximum atomic E-state index is 5.32. The number of nitrogens with zero attached hydrogens (tertiary/aromatic N) is 2. The van der Waals surface area contributed by atoms with Crippen molar-refractivity contribution in [1.82, 2.24) is 10.3 Å². The van der Waals surface area contributed by atoms with Gasteiger partial charge in [-0.15, -0.1) is 0 Å². The van der Waals surface area contributed by atoms with Gasteiger partial charge < -0.3 is 15.0 Å². The van der Waals surface area contributed by atoms with Gasteiger partial charge in [0.25, 0.3) is 0 Å². The maximum absolute atomic E-state index is 5.32. The number of nitrogens with one attached hydrogen (secondary N) is 1. The third-order valence-corrected chi connectivity index (χ3v) is 4.50. The Labute approximate surface area is 127 Å². The van der Waals surface area contributed by atoms with Crippen molar-refractivity contribution in [3.63, 3.8) is 0 Å². The molecule has 1 saturated heterocycles. The first-order valence-corrected chi connectivity index (χ1v) is 8.19. The van der Waals surface area contributed by atoms with Crippen molar-refractivity contribution < 1.29 is 4.74 Å². The molecule has 4 heteroatoms. The molecule has 0 spiro atoms. The molecule has 1 atom stereocenters. The molecule has 1 N–H and O–H groups in total. The molecule has 1 aromatic heterocycles. The number of pyridine rings is 1. The van der Waals surface area contributed by atoms with Crippen molar-refractivity contribution in [3.8, 4) is 0 Å². The first kappa shape index (κ1) is 14.8. The average molecular weight is 289 g/mol. The minimum atomic E-state index is 0.640. The van der Waals surface area contributed by atoms with E-state index >= 15 is 0 Å². The first-order valence-electron chi connectivity index (χ1n) is 8.19. The number of piperidine rings is 1. The largest absolute Gasteiger partial charge is 0.384 e. The van der Waals surface area contributed by atoms with Crippen LogP contribution >= 0.6 is 0 Å². The molecule has 0 amide bonds. The van der Waals surface area contributed by atoms with Gasteiger partial charge in [-0.25, -0.2) is 4.98 Å². The second-order valence-electron chi connectivity index (χ2n) is 6.55. The number of hydrogen-bond acceptors (Lipinski definition) is 4. The van der Waals surface area contributed by atoms with Gasteiger partial charge in [0.2, 0.25) is 0 Å². The smallest absolute Gasteiger partial charge is 0.131 e. The Morgan fingerprint density at radius 2 is 2.24 bits per heavy atom. The number of aryl methyl sites for hydroxylation is 1. The summed E-state index contributed by atoms with van der Waals surface area (Å²) < 4.78 is 5.32. The van der Waals surface area contributed by atoms with Crippen LogP contribution in [-0.2, 0) is 11.3 Å². The van der Waals surface area contributed by atoms with Gasteiger partial charge in [-0.05, 0) is 55.7 Å². The third-order valence-electron chi connectivity index (χ3n) is 4.50. The number of methoxy groups -OCH3 is 1. The van der Waals surface area contributed by atoms with Crippen LogP contribution < -0.4 is 10.2 Å².